The number of morpholine rings is 1. The van der Waals surface area contributed by atoms with E-state index in [0.29, 0.717) is 18.2 Å². The molecule has 3 heteroatoms. The number of rotatable bonds is 2. The third-order valence-corrected chi connectivity index (χ3v) is 4.20. The van der Waals surface area contributed by atoms with Gasteiger partial charge in [-0.1, -0.05) is 30.3 Å². The highest BCUT2D eigenvalue weighted by Crippen LogP contribution is 2.28. The van der Waals surface area contributed by atoms with Gasteiger partial charge in [-0.3, -0.25) is 4.90 Å². The third-order valence-electron chi connectivity index (χ3n) is 4.20. The van der Waals surface area contributed by atoms with Gasteiger partial charge in [0.1, 0.15) is 0 Å². The number of benzene rings is 1. The van der Waals surface area contributed by atoms with Crippen molar-refractivity contribution in [3.05, 3.63) is 35.9 Å². The van der Waals surface area contributed by atoms with Gasteiger partial charge in [0.05, 0.1) is 12.7 Å². The van der Waals surface area contributed by atoms with Crippen LogP contribution in [0.2, 0.25) is 0 Å². The molecule has 1 aliphatic carbocycles. The van der Waals surface area contributed by atoms with Crippen LogP contribution in [-0.4, -0.2) is 36.2 Å². The van der Waals surface area contributed by atoms with E-state index in [1.807, 2.05) is 0 Å². The Morgan fingerprint density at radius 3 is 2.89 bits per heavy atom. The molecule has 3 atom stereocenters. The van der Waals surface area contributed by atoms with Crippen molar-refractivity contribution in [2.24, 2.45) is 5.73 Å². The second-order valence-electron chi connectivity index (χ2n) is 5.51. The maximum atomic E-state index is 6.12. The molecule has 0 amide bonds. The molecule has 1 aromatic carbocycles. The number of hydrogen-bond donors (Lipinski definition) is 1. The Balaban J connectivity index is 1.70. The van der Waals surface area contributed by atoms with Crippen molar-refractivity contribution in [3.8, 4) is 0 Å². The zero-order valence-electron chi connectivity index (χ0n) is 10.8. The Morgan fingerprint density at radius 1 is 1.22 bits per heavy atom. The van der Waals surface area contributed by atoms with Gasteiger partial charge in [-0.05, 0) is 24.8 Å². The Kier molecular flexibility index (Phi) is 3.64. The van der Waals surface area contributed by atoms with Gasteiger partial charge in [0.25, 0.3) is 0 Å². The van der Waals surface area contributed by atoms with Gasteiger partial charge >= 0.3 is 0 Å². The topological polar surface area (TPSA) is 38.5 Å². The molecule has 3 nitrogen and oxygen atoms in total. The van der Waals surface area contributed by atoms with Crippen LogP contribution in [0, 0.1) is 0 Å². The van der Waals surface area contributed by atoms with Crippen LogP contribution in [0.4, 0.5) is 0 Å². The first-order chi connectivity index (χ1) is 8.83. The fraction of sp³-hybridized carbons (Fsp3) is 0.600. The van der Waals surface area contributed by atoms with Crippen LogP contribution in [0.3, 0.4) is 0 Å². The number of hydrogen-bond acceptors (Lipinski definition) is 3. The molecule has 1 saturated heterocycles. The highest BCUT2D eigenvalue weighted by Gasteiger charge is 2.36. The second kappa shape index (κ2) is 5.39. The summed E-state index contributed by atoms with van der Waals surface area (Å²) in [5.74, 6) is 0. The standard InChI is InChI=1S/C15H22N2O/c16-13-6-7-15-14(10-13)17(8-9-18-15)11-12-4-2-1-3-5-12/h1-5,13-15H,6-11,16H2. The molecule has 0 bridgehead atoms. The van der Waals surface area contributed by atoms with E-state index in [4.69, 9.17) is 10.5 Å². The summed E-state index contributed by atoms with van der Waals surface area (Å²) in [6, 6.07) is 11.6. The average Bonchev–Trinajstić information content (AvgIpc) is 2.41. The minimum Gasteiger partial charge on any atom is -0.375 e. The molecular formula is C15H22N2O. The van der Waals surface area contributed by atoms with Crippen LogP contribution in [0.5, 0.6) is 0 Å². The summed E-state index contributed by atoms with van der Waals surface area (Å²) in [5.41, 5.74) is 7.50. The van der Waals surface area contributed by atoms with Gasteiger partial charge in [0.2, 0.25) is 0 Å². The van der Waals surface area contributed by atoms with E-state index in [0.717, 1.165) is 39.0 Å². The van der Waals surface area contributed by atoms with E-state index < -0.39 is 0 Å². The molecule has 1 heterocycles. The van der Waals surface area contributed by atoms with Crippen LogP contribution in [0.25, 0.3) is 0 Å². The van der Waals surface area contributed by atoms with E-state index in [1.165, 1.54) is 5.56 Å². The third kappa shape index (κ3) is 2.58. The second-order valence-corrected chi connectivity index (χ2v) is 5.51. The maximum Gasteiger partial charge on any atom is 0.0732 e. The van der Waals surface area contributed by atoms with Crippen molar-refractivity contribution in [1.29, 1.82) is 0 Å². The highest BCUT2D eigenvalue weighted by molar-refractivity contribution is 5.15. The van der Waals surface area contributed by atoms with Crippen molar-refractivity contribution < 1.29 is 4.74 Å². The molecule has 0 spiro atoms. The predicted octanol–water partition coefficient (Wildman–Crippen LogP) is 1.77. The smallest absolute Gasteiger partial charge is 0.0732 e. The van der Waals surface area contributed by atoms with E-state index in [-0.39, 0.29) is 0 Å². The summed E-state index contributed by atoms with van der Waals surface area (Å²) in [4.78, 5) is 2.56. The number of ether oxygens (including phenoxy) is 1. The fourth-order valence-electron chi connectivity index (χ4n) is 3.23. The first-order valence-corrected chi connectivity index (χ1v) is 6.98. The minimum absolute atomic E-state index is 0.353. The predicted molar refractivity (Wildman–Crippen MR) is 72.2 cm³/mol. The van der Waals surface area contributed by atoms with Crippen LogP contribution in [0.15, 0.2) is 30.3 Å². The molecule has 2 N–H and O–H groups in total. The van der Waals surface area contributed by atoms with E-state index in [9.17, 15) is 0 Å². The van der Waals surface area contributed by atoms with Crippen LogP contribution in [-0.2, 0) is 11.3 Å². The van der Waals surface area contributed by atoms with Gasteiger partial charge in [-0.15, -0.1) is 0 Å². The molecule has 3 rings (SSSR count). The van der Waals surface area contributed by atoms with Crippen molar-refractivity contribution >= 4 is 0 Å². The SMILES string of the molecule is NC1CCC2OCCN(Cc3ccccc3)C2C1. The number of nitrogens with two attached hydrogens (primary N) is 1. The quantitative estimate of drug-likeness (QED) is 0.864. The van der Waals surface area contributed by atoms with E-state index in [2.05, 4.69) is 35.2 Å². The minimum atomic E-state index is 0.353. The monoisotopic (exact) mass is 246 g/mol. The zero-order valence-corrected chi connectivity index (χ0v) is 10.8. The molecular weight excluding hydrogens is 224 g/mol. The Morgan fingerprint density at radius 2 is 2.06 bits per heavy atom. The highest BCUT2D eigenvalue weighted by atomic mass is 16.5. The summed E-state index contributed by atoms with van der Waals surface area (Å²) < 4.78 is 5.90. The van der Waals surface area contributed by atoms with Crippen molar-refractivity contribution in [3.63, 3.8) is 0 Å². The van der Waals surface area contributed by atoms with Gasteiger partial charge in [-0.25, -0.2) is 0 Å². The lowest BCUT2D eigenvalue weighted by Gasteiger charge is -2.45. The van der Waals surface area contributed by atoms with E-state index in [1.54, 1.807) is 0 Å². The van der Waals surface area contributed by atoms with Crippen molar-refractivity contribution in [2.45, 2.75) is 44.0 Å². The van der Waals surface area contributed by atoms with E-state index >= 15 is 0 Å². The first kappa shape index (κ1) is 12.2. The average molecular weight is 246 g/mol. The molecule has 3 unspecified atom stereocenters. The van der Waals surface area contributed by atoms with Crippen LogP contribution in [0.1, 0.15) is 24.8 Å². The summed E-state index contributed by atoms with van der Waals surface area (Å²) in [5, 5.41) is 0. The Bertz CT molecular complexity index is 381. The molecule has 1 aliphatic heterocycles. The number of nitrogens with zero attached hydrogens (tertiary/aromatic N) is 1. The largest absolute Gasteiger partial charge is 0.375 e. The van der Waals surface area contributed by atoms with Crippen LogP contribution >= 0.6 is 0 Å². The molecule has 1 saturated carbocycles. The summed E-state index contributed by atoms with van der Waals surface area (Å²) in [6.45, 7) is 2.92. The summed E-state index contributed by atoms with van der Waals surface area (Å²) >= 11 is 0. The van der Waals surface area contributed by atoms with Crippen LogP contribution < -0.4 is 5.73 Å². The molecule has 98 valence electrons. The molecule has 18 heavy (non-hydrogen) atoms. The molecule has 1 aromatic rings. The van der Waals surface area contributed by atoms with Gasteiger partial charge in [0, 0.05) is 25.2 Å². The first-order valence-electron chi connectivity index (χ1n) is 6.98. The molecule has 2 fully saturated rings. The van der Waals surface area contributed by atoms with Crippen molar-refractivity contribution in [1.82, 2.24) is 4.90 Å². The summed E-state index contributed by atoms with van der Waals surface area (Å²) in [7, 11) is 0. The number of fused-ring (bicyclic) bond motifs is 1. The van der Waals surface area contributed by atoms with Gasteiger partial charge < -0.3 is 10.5 Å². The lowest BCUT2D eigenvalue weighted by molar-refractivity contribution is -0.0939. The van der Waals surface area contributed by atoms with Gasteiger partial charge in [-0.2, -0.15) is 0 Å². The Hall–Kier alpha value is -0.900. The Labute approximate surface area is 109 Å². The fourth-order valence-corrected chi connectivity index (χ4v) is 3.23. The van der Waals surface area contributed by atoms with Gasteiger partial charge in [0.15, 0.2) is 0 Å². The maximum absolute atomic E-state index is 6.12. The normalized spacial score (nSPS) is 33.1. The summed E-state index contributed by atoms with van der Waals surface area (Å²) in [6.07, 6.45) is 3.72. The lowest BCUT2D eigenvalue weighted by atomic mass is 9.87. The molecule has 0 aromatic heterocycles. The lowest BCUT2D eigenvalue weighted by Crippen LogP contribution is -2.55. The van der Waals surface area contributed by atoms with Crippen molar-refractivity contribution in [2.75, 3.05) is 13.2 Å². The molecule has 0 radical (unpaired) electrons. The molecule has 2 aliphatic rings. The zero-order chi connectivity index (χ0) is 12.4.